The Balaban J connectivity index is 2.29. The SMILES string of the molecule is CCCCOc1ccc(Br)cc1C=C(C#N)C(=O)Nc1cccc(C)c1C. The number of benzene rings is 2. The van der Waals surface area contributed by atoms with E-state index in [4.69, 9.17) is 4.74 Å². The molecule has 0 aliphatic heterocycles. The fourth-order valence-electron chi connectivity index (χ4n) is 2.47. The van der Waals surface area contributed by atoms with Crippen LogP contribution in [0.3, 0.4) is 0 Å². The van der Waals surface area contributed by atoms with Crippen molar-refractivity contribution in [2.24, 2.45) is 0 Å². The fourth-order valence-corrected chi connectivity index (χ4v) is 2.85. The Kier molecular flexibility index (Phi) is 7.63. The van der Waals surface area contributed by atoms with Crippen molar-refractivity contribution in [1.29, 1.82) is 5.26 Å². The Morgan fingerprint density at radius 1 is 1.30 bits per heavy atom. The van der Waals surface area contributed by atoms with Crippen molar-refractivity contribution >= 4 is 33.6 Å². The minimum atomic E-state index is -0.439. The van der Waals surface area contributed by atoms with Crippen LogP contribution < -0.4 is 10.1 Å². The van der Waals surface area contributed by atoms with Crippen LogP contribution in [0.5, 0.6) is 5.75 Å². The summed E-state index contributed by atoms with van der Waals surface area (Å²) in [6.07, 6.45) is 3.54. The lowest BCUT2D eigenvalue weighted by Gasteiger charge is -2.11. The van der Waals surface area contributed by atoms with Gasteiger partial charge in [0.05, 0.1) is 6.61 Å². The molecule has 2 aromatic carbocycles. The molecule has 4 nitrogen and oxygen atoms in total. The van der Waals surface area contributed by atoms with Gasteiger partial charge in [0.2, 0.25) is 0 Å². The molecule has 0 heterocycles. The number of anilines is 1. The number of amides is 1. The number of ether oxygens (including phenoxy) is 1. The Hall–Kier alpha value is -2.58. The summed E-state index contributed by atoms with van der Waals surface area (Å²) in [5.41, 5.74) is 3.47. The maximum absolute atomic E-state index is 12.6. The molecule has 1 amide bonds. The van der Waals surface area contributed by atoms with Gasteiger partial charge >= 0.3 is 0 Å². The minimum Gasteiger partial charge on any atom is -0.493 e. The molecule has 0 bridgehead atoms. The van der Waals surface area contributed by atoms with Crippen LogP contribution >= 0.6 is 15.9 Å². The summed E-state index contributed by atoms with van der Waals surface area (Å²) in [5.74, 6) is 0.213. The smallest absolute Gasteiger partial charge is 0.266 e. The Morgan fingerprint density at radius 2 is 2.07 bits per heavy atom. The molecule has 2 aromatic rings. The van der Waals surface area contributed by atoms with E-state index >= 15 is 0 Å². The number of hydrogen-bond acceptors (Lipinski definition) is 3. The molecule has 0 saturated heterocycles. The van der Waals surface area contributed by atoms with Crippen LogP contribution in [0.2, 0.25) is 0 Å². The van der Waals surface area contributed by atoms with E-state index in [0.717, 1.165) is 28.4 Å². The van der Waals surface area contributed by atoms with Crippen LogP contribution in [0, 0.1) is 25.2 Å². The van der Waals surface area contributed by atoms with Crippen molar-refractivity contribution in [3.8, 4) is 11.8 Å². The highest BCUT2D eigenvalue weighted by atomic mass is 79.9. The fraction of sp³-hybridized carbons (Fsp3) is 0.273. The standard InChI is InChI=1S/C22H23BrN2O2/c1-4-5-11-27-21-10-9-19(23)13-17(21)12-18(14-24)22(26)25-20-8-6-7-15(2)16(20)3/h6-10,12-13H,4-5,11H2,1-3H3,(H,25,26). The van der Waals surface area contributed by atoms with Crippen molar-refractivity contribution in [1.82, 2.24) is 0 Å². The molecule has 0 atom stereocenters. The number of nitrogens with one attached hydrogen (secondary N) is 1. The van der Waals surface area contributed by atoms with Gasteiger partial charge in [-0.2, -0.15) is 5.26 Å². The highest BCUT2D eigenvalue weighted by Crippen LogP contribution is 2.26. The number of aryl methyl sites for hydroxylation is 1. The van der Waals surface area contributed by atoms with Gasteiger partial charge in [-0.3, -0.25) is 4.79 Å². The van der Waals surface area contributed by atoms with Crippen molar-refractivity contribution in [3.63, 3.8) is 0 Å². The van der Waals surface area contributed by atoms with Gasteiger partial charge in [0.1, 0.15) is 17.4 Å². The highest BCUT2D eigenvalue weighted by molar-refractivity contribution is 9.10. The lowest BCUT2D eigenvalue weighted by Crippen LogP contribution is -2.14. The predicted molar refractivity (Wildman–Crippen MR) is 113 cm³/mol. The highest BCUT2D eigenvalue weighted by Gasteiger charge is 2.13. The number of carbonyl (C=O) groups is 1. The monoisotopic (exact) mass is 426 g/mol. The molecule has 0 unspecified atom stereocenters. The quantitative estimate of drug-likeness (QED) is 0.346. The zero-order valence-electron chi connectivity index (χ0n) is 15.8. The number of unbranched alkanes of at least 4 members (excludes halogenated alkanes) is 1. The molecule has 0 aromatic heterocycles. The van der Waals surface area contributed by atoms with E-state index in [0.29, 0.717) is 23.6 Å². The van der Waals surface area contributed by atoms with Crippen molar-refractivity contribution < 1.29 is 9.53 Å². The Bertz CT molecular complexity index is 898. The molecule has 0 fully saturated rings. The topological polar surface area (TPSA) is 62.1 Å². The lowest BCUT2D eigenvalue weighted by molar-refractivity contribution is -0.112. The molecule has 27 heavy (non-hydrogen) atoms. The number of nitriles is 1. The van der Waals surface area contributed by atoms with Gasteiger partial charge in [-0.25, -0.2) is 0 Å². The summed E-state index contributed by atoms with van der Waals surface area (Å²) in [6, 6.07) is 13.2. The van der Waals surface area contributed by atoms with Crippen LogP contribution in [-0.2, 0) is 4.79 Å². The first-order valence-corrected chi connectivity index (χ1v) is 9.67. The Morgan fingerprint density at radius 3 is 2.78 bits per heavy atom. The zero-order chi connectivity index (χ0) is 19.8. The molecule has 0 spiro atoms. The van der Waals surface area contributed by atoms with E-state index in [1.165, 1.54) is 0 Å². The second-order valence-corrected chi connectivity index (χ2v) is 7.17. The van der Waals surface area contributed by atoms with E-state index in [1.807, 2.05) is 56.3 Å². The van der Waals surface area contributed by atoms with E-state index in [2.05, 4.69) is 28.2 Å². The average molecular weight is 427 g/mol. The molecular weight excluding hydrogens is 404 g/mol. The first-order chi connectivity index (χ1) is 13.0. The summed E-state index contributed by atoms with van der Waals surface area (Å²) in [5, 5.41) is 12.3. The van der Waals surface area contributed by atoms with Gasteiger partial charge in [-0.05, 0) is 61.7 Å². The van der Waals surface area contributed by atoms with E-state index in [1.54, 1.807) is 6.08 Å². The third-order valence-corrected chi connectivity index (χ3v) is 4.74. The molecule has 0 aliphatic rings. The number of halogens is 1. The molecular formula is C22H23BrN2O2. The molecule has 5 heteroatoms. The van der Waals surface area contributed by atoms with Gasteiger partial charge < -0.3 is 10.1 Å². The van der Waals surface area contributed by atoms with Crippen molar-refractivity contribution in [2.45, 2.75) is 33.6 Å². The van der Waals surface area contributed by atoms with Crippen LogP contribution in [0.1, 0.15) is 36.5 Å². The summed E-state index contributed by atoms with van der Waals surface area (Å²) >= 11 is 3.43. The zero-order valence-corrected chi connectivity index (χ0v) is 17.4. The summed E-state index contributed by atoms with van der Waals surface area (Å²) < 4.78 is 6.66. The van der Waals surface area contributed by atoms with E-state index in [9.17, 15) is 10.1 Å². The van der Waals surface area contributed by atoms with E-state index < -0.39 is 5.91 Å². The molecule has 0 aliphatic carbocycles. The van der Waals surface area contributed by atoms with Crippen LogP contribution in [0.15, 0.2) is 46.4 Å². The lowest BCUT2D eigenvalue weighted by atomic mass is 10.1. The normalized spacial score (nSPS) is 11.0. The molecule has 1 N–H and O–H groups in total. The second kappa shape index (κ2) is 9.94. The third-order valence-electron chi connectivity index (χ3n) is 4.25. The van der Waals surface area contributed by atoms with Crippen molar-refractivity contribution in [2.75, 3.05) is 11.9 Å². The maximum atomic E-state index is 12.6. The van der Waals surface area contributed by atoms with Gasteiger partial charge in [0.15, 0.2) is 0 Å². The largest absolute Gasteiger partial charge is 0.493 e. The van der Waals surface area contributed by atoms with Crippen LogP contribution in [0.25, 0.3) is 6.08 Å². The number of carbonyl (C=O) groups excluding carboxylic acids is 1. The molecule has 0 saturated carbocycles. The van der Waals surface area contributed by atoms with Gasteiger partial charge in [0, 0.05) is 15.7 Å². The minimum absolute atomic E-state index is 0.0225. The van der Waals surface area contributed by atoms with Gasteiger partial charge in [-0.15, -0.1) is 0 Å². The molecule has 2 rings (SSSR count). The molecule has 140 valence electrons. The number of hydrogen-bond donors (Lipinski definition) is 1. The average Bonchev–Trinajstić information content (AvgIpc) is 2.65. The third kappa shape index (κ3) is 5.70. The summed E-state index contributed by atoms with van der Waals surface area (Å²) in [4.78, 5) is 12.6. The first-order valence-electron chi connectivity index (χ1n) is 8.88. The Labute approximate surface area is 169 Å². The van der Waals surface area contributed by atoms with Crippen LogP contribution in [0.4, 0.5) is 5.69 Å². The number of nitrogens with zero attached hydrogens (tertiary/aromatic N) is 1. The second-order valence-electron chi connectivity index (χ2n) is 6.26. The predicted octanol–water partition coefficient (Wildman–Crippen LogP) is 5.79. The summed E-state index contributed by atoms with van der Waals surface area (Å²) in [7, 11) is 0. The van der Waals surface area contributed by atoms with E-state index in [-0.39, 0.29) is 5.57 Å². The van der Waals surface area contributed by atoms with Gasteiger partial charge in [0.25, 0.3) is 5.91 Å². The number of rotatable bonds is 7. The molecule has 0 radical (unpaired) electrons. The summed E-state index contributed by atoms with van der Waals surface area (Å²) in [6.45, 7) is 6.61. The maximum Gasteiger partial charge on any atom is 0.266 e. The van der Waals surface area contributed by atoms with Gasteiger partial charge in [-0.1, -0.05) is 41.4 Å². The van der Waals surface area contributed by atoms with Crippen LogP contribution in [-0.4, -0.2) is 12.5 Å². The van der Waals surface area contributed by atoms with Crippen molar-refractivity contribution in [3.05, 3.63) is 63.1 Å². The first kappa shape index (κ1) is 20.7.